The molecule has 0 radical (unpaired) electrons. The highest BCUT2D eigenvalue weighted by Gasteiger charge is 2.37. The Bertz CT molecular complexity index is 383. The van der Waals surface area contributed by atoms with Gasteiger partial charge in [0.15, 0.2) is 0 Å². The number of hydrogen-bond acceptors (Lipinski definition) is 3. The molecule has 0 aromatic rings. The molecule has 0 spiro atoms. The Balaban J connectivity index is 2.81. The van der Waals surface area contributed by atoms with Crippen molar-refractivity contribution in [2.45, 2.75) is 57.9 Å². The molecule has 0 aromatic carbocycles. The summed E-state index contributed by atoms with van der Waals surface area (Å²) in [5, 5.41) is 8.97. The first-order chi connectivity index (χ1) is 8.25. The highest BCUT2D eigenvalue weighted by atomic mass is 32.2. The van der Waals surface area contributed by atoms with Crippen LogP contribution in [0, 0.1) is 5.92 Å². The first kappa shape index (κ1) is 15.4. The summed E-state index contributed by atoms with van der Waals surface area (Å²) in [5.74, 6) is -0.855. The topological polar surface area (TPSA) is 83.5 Å². The van der Waals surface area contributed by atoms with Crippen LogP contribution in [0.15, 0.2) is 0 Å². The van der Waals surface area contributed by atoms with Gasteiger partial charge < -0.3 is 5.11 Å². The van der Waals surface area contributed by atoms with Crippen molar-refractivity contribution >= 4 is 16.0 Å². The molecule has 0 unspecified atom stereocenters. The predicted octanol–water partition coefficient (Wildman–Crippen LogP) is 1.74. The van der Waals surface area contributed by atoms with E-state index in [-0.39, 0.29) is 18.1 Å². The molecule has 0 atom stereocenters. The molecule has 0 bridgehead atoms. The van der Waals surface area contributed by atoms with Crippen LogP contribution in [-0.4, -0.2) is 30.8 Å². The van der Waals surface area contributed by atoms with E-state index in [1.807, 2.05) is 13.8 Å². The van der Waals surface area contributed by atoms with Crippen molar-refractivity contribution < 1.29 is 18.3 Å². The maximum atomic E-state index is 12.0. The predicted molar refractivity (Wildman–Crippen MR) is 69.8 cm³/mol. The molecule has 0 saturated heterocycles. The number of carbonyl (C=O) groups is 1. The van der Waals surface area contributed by atoms with Crippen LogP contribution in [0.5, 0.6) is 0 Å². The largest absolute Gasteiger partial charge is 0.481 e. The molecule has 1 saturated carbocycles. The fraction of sp³-hybridized carbons (Fsp3) is 0.917. The summed E-state index contributed by atoms with van der Waals surface area (Å²) >= 11 is 0. The lowest BCUT2D eigenvalue weighted by Gasteiger charge is -2.36. The van der Waals surface area contributed by atoms with Crippen LogP contribution in [0.4, 0.5) is 0 Å². The van der Waals surface area contributed by atoms with E-state index in [2.05, 4.69) is 4.72 Å². The summed E-state index contributed by atoms with van der Waals surface area (Å²) in [7, 11) is -3.40. The van der Waals surface area contributed by atoms with E-state index in [0.29, 0.717) is 12.8 Å². The van der Waals surface area contributed by atoms with Gasteiger partial charge in [-0.3, -0.25) is 4.79 Å². The van der Waals surface area contributed by atoms with Gasteiger partial charge in [-0.1, -0.05) is 33.1 Å². The van der Waals surface area contributed by atoms with Crippen LogP contribution >= 0.6 is 0 Å². The van der Waals surface area contributed by atoms with E-state index in [1.54, 1.807) is 0 Å². The summed E-state index contributed by atoms with van der Waals surface area (Å²) in [6.07, 6.45) is 3.94. The third-order valence-electron chi connectivity index (χ3n) is 3.23. The van der Waals surface area contributed by atoms with Crippen LogP contribution in [-0.2, 0) is 14.8 Å². The average molecular weight is 277 g/mol. The normalized spacial score (nSPS) is 19.9. The molecule has 0 aromatic heterocycles. The summed E-state index contributed by atoms with van der Waals surface area (Å²) < 4.78 is 26.6. The number of aliphatic carboxylic acids is 1. The Morgan fingerprint density at radius 1 is 1.28 bits per heavy atom. The molecule has 1 fully saturated rings. The van der Waals surface area contributed by atoms with Gasteiger partial charge in [-0.25, -0.2) is 13.1 Å². The van der Waals surface area contributed by atoms with Crippen LogP contribution in [0.25, 0.3) is 0 Å². The van der Waals surface area contributed by atoms with E-state index < -0.39 is 21.5 Å². The summed E-state index contributed by atoms with van der Waals surface area (Å²) in [4.78, 5) is 10.9. The van der Waals surface area contributed by atoms with Gasteiger partial charge in [0, 0.05) is 5.54 Å². The van der Waals surface area contributed by atoms with E-state index >= 15 is 0 Å². The highest BCUT2D eigenvalue weighted by Crippen LogP contribution is 2.32. The molecular weight excluding hydrogens is 254 g/mol. The lowest BCUT2D eigenvalue weighted by atomic mass is 9.80. The molecule has 18 heavy (non-hydrogen) atoms. The second-order valence-corrected chi connectivity index (χ2v) is 7.46. The van der Waals surface area contributed by atoms with Crippen LogP contribution < -0.4 is 4.72 Å². The maximum Gasteiger partial charge on any atom is 0.305 e. The van der Waals surface area contributed by atoms with E-state index in [4.69, 9.17) is 5.11 Å². The molecule has 0 aliphatic heterocycles. The van der Waals surface area contributed by atoms with Gasteiger partial charge in [0.1, 0.15) is 0 Å². The Labute approximate surface area is 109 Å². The summed E-state index contributed by atoms with van der Waals surface area (Å²) in [5.41, 5.74) is -0.766. The Kier molecular flexibility index (Phi) is 5.16. The maximum absolute atomic E-state index is 12.0. The van der Waals surface area contributed by atoms with Crippen LogP contribution in [0.2, 0.25) is 0 Å². The fourth-order valence-electron chi connectivity index (χ4n) is 2.64. The smallest absolute Gasteiger partial charge is 0.305 e. The molecule has 6 heteroatoms. The number of rotatable bonds is 6. The third-order valence-corrected chi connectivity index (χ3v) is 5.07. The Hall–Kier alpha value is -0.620. The molecule has 1 aliphatic rings. The van der Waals surface area contributed by atoms with Gasteiger partial charge in [-0.05, 0) is 18.8 Å². The molecule has 2 N–H and O–H groups in total. The molecule has 1 rings (SSSR count). The molecule has 0 amide bonds. The number of carboxylic acids is 1. The second-order valence-electron chi connectivity index (χ2n) is 5.69. The first-order valence-electron chi connectivity index (χ1n) is 6.48. The minimum atomic E-state index is -3.40. The molecule has 5 nitrogen and oxygen atoms in total. The van der Waals surface area contributed by atoms with Gasteiger partial charge in [0.05, 0.1) is 12.2 Å². The van der Waals surface area contributed by atoms with E-state index in [9.17, 15) is 13.2 Å². The zero-order valence-corrected chi connectivity index (χ0v) is 11.9. The van der Waals surface area contributed by atoms with Crippen molar-refractivity contribution in [3.63, 3.8) is 0 Å². The van der Waals surface area contributed by atoms with Crippen LogP contribution in [0.1, 0.15) is 52.4 Å². The van der Waals surface area contributed by atoms with Crippen molar-refractivity contribution in [2.24, 2.45) is 5.92 Å². The molecule has 106 valence electrons. The zero-order chi connectivity index (χ0) is 13.8. The van der Waals surface area contributed by atoms with Gasteiger partial charge in [0.25, 0.3) is 0 Å². The molecular formula is C12H23NO4S. The van der Waals surface area contributed by atoms with Crippen molar-refractivity contribution in [1.29, 1.82) is 0 Å². The lowest BCUT2D eigenvalue weighted by molar-refractivity contribution is -0.138. The summed E-state index contributed by atoms with van der Waals surface area (Å²) in [6, 6.07) is 0. The van der Waals surface area contributed by atoms with Crippen molar-refractivity contribution in [3.8, 4) is 0 Å². The van der Waals surface area contributed by atoms with Crippen molar-refractivity contribution in [2.75, 3.05) is 5.75 Å². The average Bonchev–Trinajstić information content (AvgIpc) is 2.13. The number of carboxylic acid groups (broad SMARTS) is 1. The fourth-order valence-corrected chi connectivity index (χ4v) is 4.54. The minimum Gasteiger partial charge on any atom is -0.481 e. The second kappa shape index (κ2) is 6.02. The monoisotopic (exact) mass is 277 g/mol. The zero-order valence-electron chi connectivity index (χ0n) is 11.1. The quantitative estimate of drug-likeness (QED) is 0.774. The van der Waals surface area contributed by atoms with Gasteiger partial charge >= 0.3 is 5.97 Å². The molecule has 1 aliphatic carbocycles. The van der Waals surface area contributed by atoms with E-state index in [0.717, 1.165) is 19.3 Å². The van der Waals surface area contributed by atoms with Crippen LogP contribution in [0.3, 0.4) is 0 Å². The number of sulfonamides is 1. The standard InChI is InChI=1S/C12H23NO4S/c1-10(2)9-18(16,17)13-12(8-11(14)15)6-4-3-5-7-12/h10,13H,3-9H2,1-2H3,(H,14,15). The molecule has 0 heterocycles. The van der Waals surface area contributed by atoms with Crippen molar-refractivity contribution in [1.82, 2.24) is 4.72 Å². The first-order valence-corrected chi connectivity index (χ1v) is 8.13. The highest BCUT2D eigenvalue weighted by molar-refractivity contribution is 7.89. The number of hydrogen-bond donors (Lipinski definition) is 2. The Morgan fingerprint density at radius 3 is 2.28 bits per heavy atom. The lowest BCUT2D eigenvalue weighted by Crippen LogP contribution is -2.52. The van der Waals surface area contributed by atoms with Gasteiger partial charge in [-0.15, -0.1) is 0 Å². The minimum absolute atomic E-state index is 0.0352. The Morgan fingerprint density at radius 2 is 1.83 bits per heavy atom. The summed E-state index contributed by atoms with van der Waals surface area (Å²) in [6.45, 7) is 3.67. The van der Waals surface area contributed by atoms with Gasteiger partial charge in [0.2, 0.25) is 10.0 Å². The van der Waals surface area contributed by atoms with Crippen molar-refractivity contribution in [3.05, 3.63) is 0 Å². The number of nitrogens with one attached hydrogen (secondary N) is 1. The van der Waals surface area contributed by atoms with E-state index in [1.165, 1.54) is 0 Å². The third kappa shape index (κ3) is 4.94. The van der Waals surface area contributed by atoms with Gasteiger partial charge in [-0.2, -0.15) is 0 Å². The SMILES string of the molecule is CC(C)CS(=O)(=O)NC1(CC(=O)O)CCCCC1.